The van der Waals surface area contributed by atoms with Crippen LogP contribution in [-0.2, 0) is 14.3 Å². The Bertz CT molecular complexity index is 525. The number of carbonyl (C=O) groups is 1. The Labute approximate surface area is 111 Å². The first-order valence-corrected chi connectivity index (χ1v) is 6.02. The second kappa shape index (κ2) is 4.28. The van der Waals surface area contributed by atoms with Crippen LogP contribution in [0.15, 0.2) is 36.6 Å². The van der Waals surface area contributed by atoms with E-state index in [-0.39, 0.29) is 18.1 Å². The lowest BCUT2D eigenvalue weighted by Gasteiger charge is -2.42. The van der Waals surface area contributed by atoms with Gasteiger partial charge in [-0.15, -0.1) is 0 Å². The van der Waals surface area contributed by atoms with Crippen LogP contribution < -0.4 is 9.64 Å². The summed E-state index contributed by atoms with van der Waals surface area (Å²) in [5, 5.41) is 0. The van der Waals surface area contributed by atoms with E-state index in [1.54, 1.807) is 19.1 Å². The summed E-state index contributed by atoms with van der Waals surface area (Å²) < 4.78 is 15.9. The first-order chi connectivity index (χ1) is 9.17. The summed E-state index contributed by atoms with van der Waals surface area (Å²) in [5.41, 5.74) is 0.812. The second-order valence-corrected chi connectivity index (χ2v) is 4.56. The SMILES string of the molecule is C=C1O[C@@H]2C(=O)N(c3ccc(OC)cc3)[C@@H]2[C@@H]1OC. The number of ether oxygens (including phenoxy) is 3. The molecular formula is C14H15NO4. The summed E-state index contributed by atoms with van der Waals surface area (Å²) in [4.78, 5) is 13.8. The standard InChI is InChI=1S/C14H15NO4/c1-8-12(18-3)11-13(19-8)14(16)15(11)9-4-6-10(17-2)7-5-9/h4-7,11-13H,1H2,2-3H3/t11-,12-,13+/m1/s1. The second-order valence-electron chi connectivity index (χ2n) is 4.56. The molecule has 0 aliphatic carbocycles. The molecule has 5 nitrogen and oxygen atoms in total. The molecule has 2 saturated heterocycles. The Kier molecular flexibility index (Phi) is 2.71. The van der Waals surface area contributed by atoms with Gasteiger partial charge in [0.05, 0.1) is 7.11 Å². The van der Waals surface area contributed by atoms with Gasteiger partial charge < -0.3 is 14.2 Å². The third-order valence-corrected chi connectivity index (χ3v) is 3.60. The smallest absolute Gasteiger partial charge is 0.270 e. The van der Waals surface area contributed by atoms with E-state index in [4.69, 9.17) is 14.2 Å². The molecule has 0 bridgehead atoms. The highest BCUT2D eigenvalue weighted by molar-refractivity contribution is 6.05. The summed E-state index contributed by atoms with van der Waals surface area (Å²) in [5.74, 6) is 1.21. The molecule has 2 aliphatic heterocycles. The van der Waals surface area contributed by atoms with Gasteiger partial charge in [0.25, 0.3) is 5.91 Å². The van der Waals surface area contributed by atoms with Crippen molar-refractivity contribution in [2.75, 3.05) is 19.1 Å². The Hall–Kier alpha value is -2.01. The van der Waals surface area contributed by atoms with Crippen LogP contribution in [0.25, 0.3) is 0 Å². The predicted octanol–water partition coefficient (Wildman–Crippen LogP) is 1.34. The van der Waals surface area contributed by atoms with E-state index in [0.717, 1.165) is 11.4 Å². The summed E-state index contributed by atoms with van der Waals surface area (Å²) in [6, 6.07) is 7.21. The number of benzene rings is 1. The van der Waals surface area contributed by atoms with Crippen molar-refractivity contribution in [1.29, 1.82) is 0 Å². The van der Waals surface area contributed by atoms with Crippen LogP contribution in [0.5, 0.6) is 5.75 Å². The number of hydrogen-bond acceptors (Lipinski definition) is 4. The summed E-state index contributed by atoms with van der Waals surface area (Å²) in [6.45, 7) is 3.79. The van der Waals surface area contributed by atoms with Crippen LogP contribution in [0, 0.1) is 0 Å². The van der Waals surface area contributed by atoms with E-state index in [1.807, 2.05) is 24.3 Å². The third-order valence-electron chi connectivity index (χ3n) is 3.60. The molecule has 0 aromatic heterocycles. The highest BCUT2D eigenvalue weighted by Gasteiger charge is 2.59. The van der Waals surface area contributed by atoms with Crippen LogP contribution in [-0.4, -0.2) is 38.4 Å². The summed E-state index contributed by atoms with van der Waals surface area (Å²) >= 11 is 0. The minimum Gasteiger partial charge on any atom is -0.497 e. The van der Waals surface area contributed by atoms with Crippen molar-refractivity contribution in [3.63, 3.8) is 0 Å². The van der Waals surface area contributed by atoms with Gasteiger partial charge in [-0.2, -0.15) is 0 Å². The fraction of sp³-hybridized carbons (Fsp3) is 0.357. The van der Waals surface area contributed by atoms with Gasteiger partial charge in [0, 0.05) is 12.8 Å². The maximum atomic E-state index is 12.1. The number of methoxy groups -OCH3 is 2. The van der Waals surface area contributed by atoms with Gasteiger partial charge in [-0.05, 0) is 24.3 Å². The molecule has 2 fully saturated rings. The number of hydrogen-bond donors (Lipinski definition) is 0. The van der Waals surface area contributed by atoms with Crippen molar-refractivity contribution >= 4 is 11.6 Å². The van der Waals surface area contributed by atoms with Crippen molar-refractivity contribution in [3.8, 4) is 5.75 Å². The Balaban J connectivity index is 1.88. The first kappa shape index (κ1) is 12.0. The molecule has 0 radical (unpaired) electrons. The van der Waals surface area contributed by atoms with E-state index < -0.39 is 6.10 Å². The quantitative estimate of drug-likeness (QED) is 0.770. The molecule has 0 saturated carbocycles. The maximum absolute atomic E-state index is 12.1. The van der Waals surface area contributed by atoms with E-state index in [1.165, 1.54) is 0 Å². The molecular weight excluding hydrogens is 246 g/mol. The average Bonchev–Trinajstić information content (AvgIpc) is 2.73. The third kappa shape index (κ3) is 1.62. The number of amides is 1. The number of fused-ring (bicyclic) bond motifs is 1. The molecule has 100 valence electrons. The minimum atomic E-state index is -0.459. The highest BCUT2D eigenvalue weighted by atomic mass is 16.6. The van der Waals surface area contributed by atoms with E-state index in [0.29, 0.717) is 5.76 Å². The molecule has 5 heteroatoms. The molecule has 0 spiro atoms. The molecule has 1 aromatic rings. The van der Waals surface area contributed by atoms with Crippen molar-refractivity contribution in [1.82, 2.24) is 0 Å². The van der Waals surface area contributed by atoms with Gasteiger partial charge in [0.2, 0.25) is 6.10 Å². The van der Waals surface area contributed by atoms with E-state index in [9.17, 15) is 4.79 Å². The maximum Gasteiger partial charge on any atom is 0.270 e. The van der Waals surface area contributed by atoms with Crippen LogP contribution in [0.2, 0.25) is 0 Å². The minimum absolute atomic E-state index is 0.0594. The zero-order valence-corrected chi connectivity index (χ0v) is 10.8. The van der Waals surface area contributed by atoms with Gasteiger partial charge in [-0.3, -0.25) is 9.69 Å². The number of anilines is 1. The fourth-order valence-electron chi connectivity index (χ4n) is 2.63. The van der Waals surface area contributed by atoms with Crippen LogP contribution in [0.1, 0.15) is 0 Å². The summed E-state index contributed by atoms with van der Waals surface area (Å²) in [7, 11) is 3.20. The molecule has 0 unspecified atom stereocenters. The zero-order chi connectivity index (χ0) is 13.6. The number of nitrogens with zero attached hydrogens (tertiary/aromatic N) is 1. The zero-order valence-electron chi connectivity index (χ0n) is 10.8. The van der Waals surface area contributed by atoms with E-state index >= 15 is 0 Å². The lowest BCUT2D eigenvalue weighted by atomic mass is 9.94. The number of rotatable bonds is 3. The lowest BCUT2D eigenvalue weighted by molar-refractivity contribution is -0.134. The molecule has 19 heavy (non-hydrogen) atoms. The molecule has 1 amide bonds. The van der Waals surface area contributed by atoms with Gasteiger partial charge in [-0.25, -0.2) is 0 Å². The van der Waals surface area contributed by atoms with Crippen molar-refractivity contribution in [3.05, 3.63) is 36.6 Å². The number of β-lactam (4-membered cyclic amide) rings is 1. The summed E-state index contributed by atoms with van der Waals surface area (Å²) in [6.07, 6.45) is -0.732. The van der Waals surface area contributed by atoms with E-state index in [2.05, 4.69) is 6.58 Å². The predicted molar refractivity (Wildman–Crippen MR) is 69.1 cm³/mol. The molecule has 2 aliphatic rings. The Morgan fingerprint density at radius 3 is 2.53 bits per heavy atom. The number of carbonyl (C=O) groups excluding carboxylic acids is 1. The van der Waals surface area contributed by atoms with Crippen molar-refractivity contribution < 1.29 is 19.0 Å². The molecule has 0 N–H and O–H groups in total. The monoisotopic (exact) mass is 261 g/mol. The van der Waals surface area contributed by atoms with Crippen molar-refractivity contribution in [2.45, 2.75) is 18.2 Å². The van der Waals surface area contributed by atoms with Gasteiger partial charge in [0.1, 0.15) is 23.7 Å². The Morgan fingerprint density at radius 1 is 1.26 bits per heavy atom. The van der Waals surface area contributed by atoms with Crippen LogP contribution >= 0.6 is 0 Å². The molecule has 3 atom stereocenters. The lowest BCUT2D eigenvalue weighted by Crippen LogP contribution is -2.66. The van der Waals surface area contributed by atoms with Gasteiger partial charge >= 0.3 is 0 Å². The largest absolute Gasteiger partial charge is 0.497 e. The van der Waals surface area contributed by atoms with Gasteiger partial charge in [-0.1, -0.05) is 6.58 Å². The van der Waals surface area contributed by atoms with Crippen LogP contribution in [0.3, 0.4) is 0 Å². The molecule has 1 aromatic carbocycles. The van der Waals surface area contributed by atoms with Crippen molar-refractivity contribution in [2.24, 2.45) is 0 Å². The highest BCUT2D eigenvalue weighted by Crippen LogP contribution is 2.41. The topological polar surface area (TPSA) is 48.0 Å². The Morgan fingerprint density at radius 2 is 1.95 bits per heavy atom. The normalized spacial score (nSPS) is 28.7. The van der Waals surface area contributed by atoms with Gasteiger partial charge in [0.15, 0.2) is 0 Å². The molecule has 2 heterocycles. The first-order valence-electron chi connectivity index (χ1n) is 6.02. The van der Waals surface area contributed by atoms with Crippen LogP contribution in [0.4, 0.5) is 5.69 Å². The average molecular weight is 261 g/mol. The molecule has 3 rings (SSSR count). The fourth-order valence-corrected chi connectivity index (χ4v) is 2.63.